The number of nitrogens with zero attached hydrogens (tertiary/aromatic N) is 1. The average molecular weight is 579 g/mol. The highest BCUT2D eigenvalue weighted by Gasteiger charge is 2.34. The normalized spacial score (nSPS) is 14.4. The van der Waals surface area contributed by atoms with Crippen LogP contribution in [0.25, 0.3) is 6.08 Å². The molecule has 1 aliphatic rings. The first-order valence-electron chi connectivity index (χ1n) is 11.3. The highest BCUT2D eigenvalue weighted by Crippen LogP contribution is 2.35. The van der Waals surface area contributed by atoms with Crippen LogP contribution in [0.1, 0.15) is 18.1 Å². The van der Waals surface area contributed by atoms with E-state index >= 15 is 0 Å². The van der Waals surface area contributed by atoms with Crippen LogP contribution in [0.15, 0.2) is 65.6 Å². The number of carbonyl (C=O) groups is 2. The average Bonchev–Trinajstić information content (AvgIpc) is 3.13. The third-order valence-corrected chi connectivity index (χ3v) is 7.14. The minimum atomic E-state index is -0.374. The first-order valence-corrected chi connectivity index (χ1v) is 13.3. The van der Waals surface area contributed by atoms with E-state index in [1.54, 1.807) is 66.7 Å². The Morgan fingerprint density at radius 1 is 0.892 bits per heavy atom. The summed E-state index contributed by atoms with van der Waals surface area (Å²) in [5.41, 5.74) is 1.36. The molecule has 37 heavy (non-hydrogen) atoms. The molecule has 0 bridgehead atoms. The largest absolute Gasteiger partial charge is 0.492 e. The molecule has 0 saturated carbocycles. The van der Waals surface area contributed by atoms with Gasteiger partial charge >= 0.3 is 0 Å². The first kappa shape index (κ1) is 27.2. The van der Waals surface area contributed by atoms with Gasteiger partial charge in [-0.25, -0.2) is 0 Å². The molecule has 3 aromatic carbocycles. The summed E-state index contributed by atoms with van der Waals surface area (Å²) in [5.74, 6) is 1.23. The van der Waals surface area contributed by atoms with E-state index in [0.29, 0.717) is 55.0 Å². The van der Waals surface area contributed by atoms with Crippen molar-refractivity contribution in [2.45, 2.75) is 13.5 Å². The van der Waals surface area contributed by atoms with E-state index in [4.69, 9.17) is 49.0 Å². The molecule has 0 unspecified atom stereocenters. The van der Waals surface area contributed by atoms with Crippen molar-refractivity contribution >= 4 is 63.8 Å². The van der Waals surface area contributed by atoms with Crippen LogP contribution in [0.3, 0.4) is 0 Å². The maximum absolute atomic E-state index is 12.9. The standard InChI is InChI=1S/C27H22Cl3NO5S/c1-2-34-24-14-17(6-11-23(24)36-16-20-21(29)4-3-5-22(20)30)15-25-26(32)31(27(33)37-25)12-13-35-19-9-7-18(28)8-10-19/h3-11,14-15H,2,12-13,16H2,1H3/b25-15-. The summed E-state index contributed by atoms with van der Waals surface area (Å²) in [7, 11) is 0. The number of ether oxygens (including phenoxy) is 3. The second kappa shape index (κ2) is 12.6. The third-order valence-electron chi connectivity index (χ3n) is 5.27. The lowest BCUT2D eigenvalue weighted by Gasteiger charge is -2.14. The molecule has 1 saturated heterocycles. The van der Waals surface area contributed by atoms with Gasteiger partial charge in [-0.1, -0.05) is 46.9 Å². The van der Waals surface area contributed by atoms with Crippen LogP contribution in [0, 0.1) is 0 Å². The number of rotatable bonds is 10. The Bertz CT molecular complexity index is 1310. The van der Waals surface area contributed by atoms with Crippen LogP contribution >= 0.6 is 46.6 Å². The molecular formula is C27H22Cl3NO5S. The second-order valence-corrected chi connectivity index (χ2v) is 10.0. The van der Waals surface area contributed by atoms with E-state index in [0.717, 1.165) is 11.8 Å². The van der Waals surface area contributed by atoms with Gasteiger partial charge in [0.25, 0.3) is 11.1 Å². The van der Waals surface area contributed by atoms with Gasteiger partial charge in [0.15, 0.2) is 11.5 Å². The third kappa shape index (κ3) is 6.93. The van der Waals surface area contributed by atoms with Gasteiger partial charge in [-0.2, -0.15) is 0 Å². The quantitative estimate of drug-likeness (QED) is 0.229. The van der Waals surface area contributed by atoms with E-state index in [2.05, 4.69) is 0 Å². The van der Waals surface area contributed by atoms with E-state index < -0.39 is 0 Å². The summed E-state index contributed by atoms with van der Waals surface area (Å²) in [6.07, 6.45) is 1.65. The molecule has 1 heterocycles. The number of hydrogen-bond acceptors (Lipinski definition) is 6. The zero-order valence-corrected chi connectivity index (χ0v) is 22.8. The predicted molar refractivity (Wildman–Crippen MR) is 148 cm³/mol. The molecule has 3 aromatic rings. The van der Waals surface area contributed by atoms with E-state index in [-0.39, 0.29) is 30.9 Å². The predicted octanol–water partition coefficient (Wildman–Crippen LogP) is 7.74. The van der Waals surface area contributed by atoms with Crippen LogP contribution in [-0.4, -0.2) is 35.8 Å². The molecule has 0 aromatic heterocycles. The molecule has 0 atom stereocenters. The van der Waals surface area contributed by atoms with E-state index in [9.17, 15) is 9.59 Å². The number of thioether (sulfide) groups is 1. The number of benzene rings is 3. The SMILES string of the molecule is CCOc1cc(/C=C2\SC(=O)N(CCOc3ccc(Cl)cc3)C2=O)ccc1OCc1c(Cl)cccc1Cl. The molecule has 6 nitrogen and oxygen atoms in total. The van der Waals surface area contributed by atoms with Crippen molar-refractivity contribution in [2.24, 2.45) is 0 Å². The van der Waals surface area contributed by atoms with Gasteiger partial charge in [-0.05, 0) is 78.9 Å². The molecule has 1 aliphatic heterocycles. The van der Waals surface area contributed by atoms with Crippen molar-refractivity contribution in [2.75, 3.05) is 19.8 Å². The fraction of sp³-hybridized carbons (Fsp3) is 0.185. The van der Waals surface area contributed by atoms with Gasteiger partial charge in [0.2, 0.25) is 0 Å². The van der Waals surface area contributed by atoms with E-state index in [1.807, 2.05) is 6.92 Å². The summed E-state index contributed by atoms with van der Waals surface area (Å²) in [5, 5.41) is 1.27. The van der Waals surface area contributed by atoms with Crippen molar-refractivity contribution in [1.82, 2.24) is 4.90 Å². The highest BCUT2D eigenvalue weighted by molar-refractivity contribution is 8.18. The fourth-order valence-electron chi connectivity index (χ4n) is 3.45. The zero-order valence-electron chi connectivity index (χ0n) is 19.7. The monoisotopic (exact) mass is 577 g/mol. The molecule has 0 N–H and O–H groups in total. The summed E-state index contributed by atoms with van der Waals surface area (Å²) in [6, 6.07) is 17.4. The Morgan fingerprint density at radius 3 is 2.32 bits per heavy atom. The van der Waals surface area contributed by atoms with Crippen LogP contribution in [0.2, 0.25) is 15.1 Å². The molecule has 1 fully saturated rings. The smallest absolute Gasteiger partial charge is 0.293 e. The lowest BCUT2D eigenvalue weighted by molar-refractivity contribution is -0.123. The first-order chi connectivity index (χ1) is 17.9. The molecule has 0 spiro atoms. The topological polar surface area (TPSA) is 65.1 Å². The highest BCUT2D eigenvalue weighted by atomic mass is 35.5. The Balaban J connectivity index is 1.43. The zero-order chi connectivity index (χ0) is 26.4. The number of carbonyl (C=O) groups excluding carboxylic acids is 2. The van der Waals surface area contributed by atoms with Gasteiger partial charge < -0.3 is 14.2 Å². The number of hydrogen-bond donors (Lipinski definition) is 0. The van der Waals surface area contributed by atoms with Crippen LogP contribution in [0.5, 0.6) is 17.2 Å². The summed E-state index contributed by atoms with van der Waals surface area (Å²) < 4.78 is 17.3. The minimum Gasteiger partial charge on any atom is -0.492 e. The minimum absolute atomic E-state index is 0.131. The number of halogens is 3. The molecule has 0 radical (unpaired) electrons. The Hall–Kier alpha value is -2.84. The Kier molecular flexibility index (Phi) is 9.27. The van der Waals surface area contributed by atoms with Crippen LogP contribution < -0.4 is 14.2 Å². The van der Waals surface area contributed by atoms with Gasteiger partial charge in [0.05, 0.1) is 18.1 Å². The lowest BCUT2D eigenvalue weighted by Crippen LogP contribution is -2.32. The number of amides is 2. The Labute approximate surface area is 234 Å². The summed E-state index contributed by atoms with van der Waals surface area (Å²) in [4.78, 5) is 26.8. The Morgan fingerprint density at radius 2 is 1.62 bits per heavy atom. The van der Waals surface area contributed by atoms with Crippen molar-refractivity contribution in [3.05, 3.63) is 91.8 Å². The number of imide groups is 1. The van der Waals surface area contributed by atoms with Gasteiger partial charge in [-0.3, -0.25) is 14.5 Å². The lowest BCUT2D eigenvalue weighted by atomic mass is 10.1. The fourth-order valence-corrected chi connectivity index (χ4v) is 4.95. The second-order valence-electron chi connectivity index (χ2n) is 7.76. The molecule has 2 amide bonds. The van der Waals surface area contributed by atoms with Crippen LogP contribution in [0.4, 0.5) is 4.79 Å². The summed E-state index contributed by atoms with van der Waals surface area (Å²) in [6.45, 7) is 2.74. The maximum Gasteiger partial charge on any atom is 0.293 e. The molecular weight excluding hydrogens is 557 g/mol. The van der Waals surface area contributed by atoms with Crippen molar-refractivity contribution in [3.63, 3.8) is 0 Å². The maximum atomic E-state index is 12.9. The van der Waals surface area contributed by atoms with Gasteiger partial charge in [0, 0.05) is 20.6 Å². The van der Waals surface area contributed by atoms with Crippen molar-refractivity contribution in [1.29, 1.82) is 0 Å². The molecule has 192 valence electrons. The summed E-state index contributed by atoms with van der Waals surface area (Å²) >= 11 is 19.2. The molecule has 10 heteroatoms. The molecule has 0 aliphatic carbocycles. The van der Waals surface area contributed by atoms with E-state index in [1.165, 1.54) is 4.90 Å². The van der Waals surface area contributed by atoms with Gasteiger partial charge in [0.1, 0.15) is 19.0 Å². The van der Waals surface area contributed by atoms with Crippen molar-refractivity contribution in [3.8, 4) is 17.2 Å². The molecule has 4 rings (SSSR count). The van der Waals surface area contributed by atoms with Gasteiger partial charge in [-0.15, -0.1) is 0 Å². The van der Waals surface area contributed by atoms with Crippen molar-refractivity contribution < 1.29 is 23.8 Å². The van der Waals surface area contributed by atoms with Crippen LogP contribution in [-0.2, 0) is 11.4 Å².